The Morgan fingerprint density at radius 2 is 1.43 bits per heavy atom. The number of carbonyl (C=O) groups is 3. The van der Waals surface area contributed by atoms with Gasteiger partial charge in [0.25, 0.3) is 5.91 Å². The van der Waals surface area contributed by atoms with Gasteiger partial charge >= 0.3 is 12.0 Å². The maximum atomic E-state index is 12.8. The van der Waals surface area contributed by atoms with Crippen molar-refractivity contribution >= 4 is 17.9 Å². The highest BCUT2D eigenvalue weighted by Gasteiger charge is 2.41. The number of amides is 3. The van der Waals surface area contributed by atoms with Gasteiger partial charge in [-0.2, -0.15) is 0 Å². The third-order valence-corrected chi connectivity index (χ3v) is 5.21. The average Bonchev–Trinajstić information content (AvgIpc) is 2.78. The number of ether oxygens (including phenoxy) is 1. The highest BCUT2D eigenvalue weighted by Crippen LogP contribution is 2.31. The molecule has 30 heavy (non-hydrogen) atoms. The molecule has 2 aromatic carbocycles. The van der Waals surface area contributed by atoms with Gasteiger partial charge in [-0.3, -0.25) is 10.1 Å². The maximum absolute atomic E-state index is 12.8. The molecule has 0 heterocycles. The fourth-order valence-electron chi connectivity index (χ4n) is 3.63. The molecule has 2 aromatic rings. The van der Waals surface area contributed by atoms with E-state index < -0.39 is 30.1 Å². The number of carbonyl (C=O) groups excluding carboxylic acids is 3. The Bertz CT molecular complexity index is 824. The zero-order valence-electron chi connectivity index (χ0n) is 16.7. The number of esters is 1. The largest absolute Gasteiger partial charge is 0.453 e. The fraction of sp³-hybridized carbons (Fsp3) is 0.348. The van der Waals surface area contributed by atoms with Crippen LogP contribution in [-0.4, -0.2) is 35.7 Å². The van der Waals surface area contributed by atoms with Crippen LogP contribution in [0.4, 0.5) is 4.79 Å². The van der Waals surface area contributed by atoms with Crippen LogP contribution in [0.2, 0.25) is 0 Å². The Morgan fingerprint density at radius 3 is 1.97 bits per heavy atom. The second-order valence-corrected chi connectivity index (χ2v) is 7.38. The lowest BCUT2D eigenvalue weighted by Crippen LogP contribution is -2.47. The van der Waals surface area contributed by atoms with Crippen LogP contribution in [-0.2, 0) is 19.9 Å². The zero-order chi connectivity index (χ0) is 21.4. The van der Waals surface area contributed by atoms with Crippen LogP contribution in [0.1, 0.15) is 43.2 Å². The minimum atomic E-state index is -2.08. The molecule has 0 aliphatic heterocycles. The number of hydrogen-bond acceptors (Lipinski definition) is 5. The molecule has 1 aliphatic rings. The highest BCUT2D eigenvalue weighted by molar-refractivity contribution is 5.96. The lowest BCUT2D eigenvalue weighted by atomic mass is 9.86. The molecule has 0 spiro atoms. The van der Waals surface area contributed by atoms with Crippen LogP contribution in [0, 0.1) is 0 Å². The van der Waals surface area contributed by atoms with E-state index in [9.17, 15) is 19.5 Å². The fourth-order valence-corrected chi connectivity index (χ4v) is 3.63. The van der Waals surface area contributed by atoms with Crippen molar-refractivity contribution in [3.8, 4) is 0 Å². The van der Waals surface area contributed by atoms with Gasteiger partial charge in [0.15, 0.2) is 6.61 Å². The van der Waals surface area contributed by atoms with E-state index in [0.29, 0.717) is 11.1 Å². The number of aliphatic hydroxyl groups is 1. The number of rotatable bonds is 6. The number of nitrogens with one attached hydrogen (secondary N) is 2. The second-order valence-electron chi connectivity index (χ2n) is 7.38. The molecule has 0 radical (unpaired) electrons. The minimum absolute atomic E-state index is 0.0513. The van der Waals surface area contributed by atoms with Crippen LogP contribution >= 0.6 is 0 Å². The molecule has 1 saturated carbocycles. The first kappa shape index (κ1) is 21.5. The zero-order valence-corrected chi connectivity index (χ0v) is 16.7. The second kappa shape index (κ2) is 10.0. The molecule has 3 rings (SSSR count). The average molecular weight is 410 g/mol. The van der Waals surface area contributed by atoms with E-state index in [1.165, 1.54) is 0 Å². The molecule has 0 atom stereocenters. The summed E-state index contributed by atoms with van der Waals surface area (Å²) in [6.07, 6.45) is 5.03. The highest BCUT2D eigenvalue weighted by atomic mass is 16.6. The Morgan fingerprint density at radius 1 is 0.900 bits per heavy atom. The summed E-state index contributed by atoms with van der Waals surface area (Å²) in [6.45, 7) is -0.682. The third kappa shape index (κ3) is 5.24. The van der Waals surface area contributed by atoms with E-state index in [-0.39, 0.29) is 6.04 Å². The van der Waals surface area contributed by atoms with Crippen LogP contribution in [0.15, 0.2) is 60.7 Å². The van der Waals surface area contributed by atoms with E-state index in [4.69, 9.17) is 4.74 Å². The summed E-state index contributed by atoms with van der Waals surface area (Å²) in [5.41, 5.74) is -1.44. The Hall–Kier alpha value is -3.19. The molecular weight excluding hydrogens is 384 g/mol. The summed E-state index contributed by atoms with van der Waals surface area (Å²) >= 11 is 0. The predicted molar refractivity (Wildman–Crippen MR) is 110 cm³/mol. The van der Waals surface area contributed by atoms with Crippen LogP contribution < -0.4 is 10.6 Å². The van der Waals surface area contributed by atoms with Crippen molar-refractivity contribution in [3.63, 3.8) is 0 Å². The topological polar surface area (TPSA) is 105 Å². The smallest absolute Gasteiger partial charge is 0.348 e. The van der Waals surface area contributed by atoms with Gasteiger partial charge in [0.05, 0.1) is 0 Å². The summed E-state index contributed by atoms with van der Waals surface area (Å²) in [6, 6.07) is 16.2. The number of hydrogen-bond donors (Lipinski definition) is 3. The van der Waals surface area contributed by atoms with Gasteiger partial charge in [0.1, 0.15) is 0 Å². The third-order valence-electron chi connectivity index (χ3n) is 5.21. The molecule has 7 nitrogen and oxygen atoms in total. The molecule has 1 fully saturated rings. The summed E-state index contributed by atoms with van der Waals surface area (Å²) in [5.74, 6) is -1.76. The first-order valence-corrected chi connectivity index (χ1v) is 10.1. The molecule has 7 heteroatoms. The monoisotopic (exact) mass is 410 g/mol. The van der Waals surface area contributed by atoms with Gasteiger partial charge in [0.2, 0.25) is 5.60 Å². The molecule has 1 aliphatic carbocycles. The van der Waals surface area contributed by atoms with E-state index >= 15 is 0 Å². The summed E-state index contributed by atoms with van der Waals surface area (Å²) < 4.78 is 5.09. The standard InChI is InChI=1S/C23H26N2O5/c26-20(25-22(28)24-19-14-8-3-9-15-19)16-30-21(27)23(29,17-10-4-1-5-11-17)18-12-6-2-7-13-18/h1-2,4-7,10-13,19,29H,3,8-9,14-16H2,(H2,24,25,26,28). The van der Waals surface area contributed by atoms with Crippen LogP contribution in [0.3, 0.4) is 0 Å². The van der Waals surface area contributed by atoms with Crippen molar-refractivity contribution in [1.29, 1.82) is 0 Å². The van der Waals surface area contributed by atoms with Gasteiger partial charge in [-0.25, -0.2) is 9.59 Å². The van der Waals surface area contributed by atoms with Crippen molar-refractivity contribution in [2.75, 3.05) is 6.61 Å². The quantitative estimate of drug-likeness (QED) is 0.635. The molecular formula is C23H26N2O5. The molecule has 158 valence electrons. The Balaban J connectivity index is 1.62. The summed E-state index contributed by atoms with van der Waals surface area (Å²) in [7, 11) is 0. The van der Waals surface area contributed by atoms with Gasteiger partial charge in [0, 0.05) is 6.04 Å². The Kier molecular flexibility index (Phi) is 7.19. The maximum Gasteiger partial charge on any atom is 0.348 e. The normalized spacial score (nSPS) is 14.6. The van der Waals surface area contributed by atoms with Crippen molar-refractivity contribution in [2.45, 2.75) is 43.7 Å². The van der Waals surface area contributed by atoms with Crippen molar-refractivity contribution in [3.05, 3.63) is 71.8 Å². The minimum Gasteiger partial charge on any atom is -0.453 e. The molecule has 0 aromatic heterocycles. The van der Waals surface area contributed by atoms with Crippen molar-refractivity contribution < 1.29 is 24.2 Å². The van der Waals surface area contributed by atoms with Gasteiger partial charge < -0.3 is 15.2 Å². The van der Waals surface area contributed by atoms with Gasteiger partial charge in [-0.15, -0.1) is 0 Å². The van der Waals surface area contributed by atoms with E-state index in [1.807, 2.05) is 0 Å². The van der Waals surface area contributed by atoms with Gasteiger partial charge in [-0.1, -0.05) is 79.9 Å². The number of imide groups is 1. The number of benzene rings is 2. The Labute approximate surface area is 175 Å². The lowest BCUT2D eigenvalue weighted by Gasteiger charge is -2.27. The van der Waals surface area contributed by atoms with Crippen molar-refractivity contribution in [1.82, 2.24) is 10.6 Å². The van der Waals surface area contributed by atoms with E-state index in [1.54, 1.807) is 60.7 Å². The molecule has 0 bridgehead atoms. The summed E-state index contributed by atoms with van der Waals surface area (Å²) in [5, 5.41) is 16.2. The SMILES string of the molecule is O=C(COC(=O)C(O)(c1ccccc1)c1ccccc1)NC(=O)NC1CCCCC1. The van der Waals surface area contributed by atoms with Crippen molar-refractivity contribution in [2.24, 2.45) is 0 Å². The molecule has 0 saturated heterocycles. The van der Waals surface area contributed by atoms with E-state index in [0.717, 1.165) is 32.1 Å². The van der Waals surface area contributed by atoms with Crippen LogP contribution in [0.25, 0.3) is 0 Å². The summed E-state index contributed by atoms with van der Waals surface area (Å²) in [4.78, 5) is 36.9. The molecule has 3 N–H and O–H groups in total. The first-order chi connectivity index (χ1) is 14.5. The lowest BCUT2D eigenvalue weighted by molar-refractivity contribution is -0.164. The predicted octanol–water partition coefficient (Wildman–Crippen LogP) is 2.62. The van der Waals surface area contributed by atoms with Crippen LogP contribution in [0.5, 0.6) is 0 Å². The molecule has 0 unspecified atom stereocenters. The first-order valence-electron chi connectivity index (χ1n) is 10.1. The van der Waals surface area contributed by atoms with Gasteiger partial charge in [-0.05, 0) is 24.0 Å². The molecule has 3 amide bonds. The van der Waals surface area contributed by atoms with E-state index in [2.05, 4.69) is 10.6 Å². The number of urea groups is 1.